The highest BCUT2D eigenvalue weighted by Gasteiger charge is 2.34. The van der Waals surface area contributed by atoms with Gasteiger partial charge in [0.2, 0.25) is 5.91 Å². The van der Waals surface area contributed by atoms with E-state index in [1.54, 1.807) is 24.3 Å². The van der Waals surface area contributed by atoms with Gasteiger partial charge >= 0.3 is 6.18 Å². The van der Waals surface area contributed by atoms with Crippen molar-refractivity contribution in [2.45, 2.75) is 32.5 Å². The first kappa shape index (κ1) is 30.4. The number of pyridine rings is 1. The molecule has 2 fully saturated rings. The normalized spacial score (nSPS) is 16.3. The molecule has 2 N–H and O–H groups in total. The number of nitrogens with one attached hydrogen (secondary N) is 2. The fourth-order valence-electron chi connectivity index (χ4n) is 5.20. The second-order valence-electron chi connectivity index (χ2n) is 11.0. The lowest BCUT2D eigenvalue weighted by atomic mass is 10.0. The Balaban J connectivity index is 1.19. The van der Waals surface area contributed by atoms with Gasteiger partial charge in [0.15, 0.2) is 5.13 Å². The zero-order valence-corrected chi connectivity index (χ0v) is 25.5. The maximum Gasteiger partial charge on any atom is 0.416 e. The molecule has 2 amide bonds. The number of alkyl halides is 3. The van der Waals surface area contributed by atoms with Crippen molar-refractivity contribution in [2.24, 2.45) is 5.92 Å². The maximum absolute atomic E-state index is 14.1. The van der Waals surface area contributed by atoms with Gasteiger partial charge in [0.25, 0.3) is 5.91 Å². The van der Waals surface area contributed by atoms with Crippen LogP contribution in [-0.2, 0) is 17.5 Å². The van der Waals surface area contributed by atoms with Crippen molar-refractivity contribution in [3.05, 3.63) is 70.2 Å². The monoisotopic (exact) mass is 642 g/mol. The molecule has 0 bridgehead atoms. The van der Waals surface area contributed by atoms with Gasteiger partial charge in [0, 0.05) is 55.5 Å². The number of likely N-dealkylation sites (N-methyl/N-ethyl adjacent to an activating group) is 1. The molecule has 8 nitrogen and oxygen atoms in total. The molecule has 230 valence electrons. The minimum absolute atomic E-state index is 0.0445. The molecule has 1 aliphatic heterocycles. The number of thiazole rings is 1. The molecule has 0 unspecified atom stereocenters. The first-order chi connectivity index (χ1) is 21.1. The van der Waals surface area contributed by atoms with Crippen LogP contribution in [-0.4, -0.2) is 64.3 Å². The van der Waals surface area contributed by atoms with Gasteiger partial charge in [0.05, 0.1) is 16.3 Å². The van der Waals surface area contributed by atoms with E-state index in [1.165, 1.54) is 29.5 Å². The van der Waals surface area contributed by atoms with Crippen molar-refractivity contribution in [3.8, 4) is 11.3 Å². The number of nitrogens with zero attached hydrogens (tertiary/aromatic N) is 4. The molecule has 6 rings (SSSR count). The summed E-state index contributed by atoms with van der Waals surface area (Å²) < 4.78 is 42.2. The molecule has 1 saturated carbocycles. The summed E-state index contributed by atoms with van der Waals surface area (Å²) in [6.45, 7) is 6.22. The molecule has 0 spiro atoms. The second-order valence-corrected chi connectivity index (χ2v) is 12.4. The summed E-state index contributed by atoms with van der Waals surface area (Å²) in [4.78, 5) is 39.3. The highest BCUT2D eigenvalue weighted by atomic mass is 35.5. The third kappa shape index (κ3) is 6.88. The predicted molar refractivity (Wildman–Crippen MR) is 166 cm³/mol. The zero-order chi connectivity index (χ0) is 31.0. The van der Waals surface area contributed by atoms with Crippen LogP contribution in [0.2, 0.25) is 5.02 Å². The van der Waals surface area contributed by atoms with Crippen LogP contribution < -0.4 is 10.6 Å². The first-order valence-corrected chi connectivity index (χ1v) is 15.6. The Hall–Kier alpha value is -3.58. The van der Waals surface area contributed by atoms with E-state index in [2.05, 4.69) is 32.4 Å². The molecule has 0 radical (unpaired) electrons. The molecular formula is C31H30ClF3N6O2S. The number of amides is 2. The lowest BCUT2D eigenvalue weighted by Gasteiger charge is -2.34. The number of rotatable bonds is 8. The summed E-state index contributed by atoms with van der Waals surface area (Å²) in [7, 11) is 0. The minimum Gasteiger partial charge on any atom is -0.322 e. The van der Waals surface area contributed by atoms with Gasteiger partial charge in [-0.25, -0.2) is 9.97 Å². The van der Waals surface area contributed by atoms with E-state index >= 15 is 0 Å². The molecule has 3 heterocycles. The third-order valence-corrected chi connectivity index (χ3v) is 9.13. The van der Waals surface area contributed by atoms with Crippen molar-refractivity contribution >= 4 is 55.9 Å². The summed E-state index contributed by atoms with van der Waals surface area (Å²) in [5.41, 5.74) is 1.25. The number of halogens is 4. The van der Waals surface area contributed by atoms with Gasteiger partial charge in [-0.15, -0.1) is 0 Å². The Morgan fingerprint density at radius 3 is 2.43 bits per heavy atom. The summed E-state index contributed by atoms with van der Waals surface area (Å²) in [6.07, 6.45) is -2.81. The third-order valence-electron chi connectivity index (χ3n) is 7.92. The fraction of sp³-hybridized carbons (Fsp3) is 0.355. The topological polar surface area (TPSA) is 90.5 Å². The van der Waals surface area contributed by atoms with Crippen LogP contribution in [0.25, 0.3) is 21.6 Å². The van der Waals surface area contributed by atoms with Crippen molar-refractivity contribution in [1.82, 2.24) is 19.8 Å². The number of carbonyl (C=O) groups excluding carboxylic acids is 2. The van der Waals surface area contributed by atoms with Crippen LogP contribution in [0, 0.1) is 5.92 Å². The highest BCUT2D eigenvalue weighted by molar-refractivity contribution is 7.22. The smallest absolute Gasteiger partial charge is 0.322 e. The molecular weight excluding hydrogens is 613 g/mol. The maximum atomic E-state index is 14.1. The summed E-state index contributed by atoms with van der Waals surface area (Å²) in [5, 5.41) is 6.25. The Morgan fingerprint density at radius 1 is 0.977 bits per heavy atom. The van der Waals surface area contributed by atoms with Crippen molar-refractivity contribution in [2.75, 3.05) is 43.4 Å². The van der Waals surface area contributed by atoms with E-state index in [-0.39, 0.29) is 35.2 Å². The quantitative estimate of drug-likeness (QED) is 0.221. The predicted octanol–water partition coefficient (Wildman–Crippen LogP) is 6.77. The highest BCUT2D eigenvalue weighted by Crippen LogP contribution is 2.36. The Bertz CT molecular complexity index is 1720. The lowest BCUT2D eigenvalue weighted by molar-refractivity contribution is -0.138. The molecule has 2 aromatic heterocycles. The van der Waals surface area contributed by atoms with Crippen LogP contribution in [0.15, 0.2) is 48.5 Å². The number of hydrogen-bond donors (Lipinski definition) is 2. The van der Waals surface area contributed by atoms with Gasteiger partial charge < -0.3 is 15.5 Å². The van der Waals surface area contributed by atoms with E-state index in [0.717, 1.165) is 38.5 Å². The largest absolute Gasteiger partial charge is 0.416 e. The lowest BCUT2D eigenvalue weighted by Crippen LogP contribution is -2.45. The number of aromatic nitrogens is 2. The Kier molecular flexibility index (Phi) is 8.60. The first-order valence-electron chi connectivity index (χ1n) is 14.4. The van der Waals surface area contributed by atoms with E-state index in [9.17, 15) is 22.8 Å². The number of hydrogen-bond acceptors (Lipinski definition) is 7. The van der Waals surface area contributed by atoms with Crippen LogP contribution in [0.4, 0.5) is 24.0 Å². The number of carbonyl (C=O) groups is 2. The second kappa shape index (κ2) is 12.4. The number of benzene rings is 2. The number of fused-ring (bicyclic) bond motifs is 1. The summed E-state index contributed by atoms with van der Waals surface area (Å²) in [6, 6.07) is 12.0. The van der Waals surface area contributed by atoms with Gasteiger partial charge in [-0.05, 0) is 67.4 Å². The van der Waals surface area contributed by atoms with Crippen LogP contribution in [0.3, 0.4) is 0 Å². The molecule has 2 aliphatic rings. The van der Waals surface area contributed by atoms with Crippen LogP contribution in [0.1, 0.15) is 41.3 Å². The molecule has 0 atom stereocenters. The van der Waals surface area contributed by atoms with Gasteiger partial charge in [-0.1, -0.05) is 35.9 Å². The van der Waals surface area contributed by atoms with Crippen molar-refractivity contribution in [1.29, 1.82) is 0 Å². The van der Waals surface area contributed by atoms with Crippen molar-refractivity contribution in [3.63, 3.8) is 0 Å². The minimum atomic E-state index is -4.57. The SMILES string of the molecule is CCN1CCN(Cc2ccc(NC(=O)c3ccc(Cl)c(-c4ccc5nc(NC(=O)C6CC6)sc5n4)c3)cc2C(F)(F)F)CC1. The Labute approximate surface area is 261 Å². The number of anilines is 2. The standard InChI is InChI=1S/C31H30ClF3N6O2S/c1-2-40-11-13-41(14-12-40)17-20-5-7-21(16-23(20)31(33,34)35)36-28(43)19-6-8-24(32)22(15-19)25-9-10-26-29(37-25)44-30(38-26)39-27(42)18-3-4-18/h5-10,15-16,18H,2-4,11-14,17H2,1H3,(H,36,43)(H,38,39,42). The fourth-order valence-corrected chi connectivity index (χ4v) is 6.26. The van der Waals surface area contributed by atoms with E-state index < -0.39 is 17.6 Å². The van der Waals surface area contributed by atoms with Gasteiger partial charge in [0.1, 0.15) is 10.3 Å². The van der Waals surface area contributed by atoms with E-state index in [0.29, 0.717) is 44.8 Å². The van der Waals surface area contributed by atoms with Crippen LogP contribution in [0.5, 0.6) is 0 Å². The average Bonchev–Trinajstić information content (AvgIpc) is 3.78. The van der Waals surface area contributed by atoms with Crippen molar-refractivity contribution < 1.29 is 22.8 Å². The Morgan fingerprint density at radius 2 is 1.73 bits per heavy atom. The zero-order valence-electron chi connectivity index (χ0n) is 23.9. The molecule has 1 aliphatic carbocycles. The molecule has 44 heavy (non-hydrogen) atoms. The van der Waals surface area contributed by atoms with Gasteiger partial charge in [-0.3, -0.25) is 14.5 Å². The summed E-state index contributed by atoms with van der Waals surface area (Å²) >= 11 is 7.72. The molecule has 4 aromatic rings. The molecule has 2 aromatic carbocycles. The summed E-state index contributed by atoms with van der Waals surface area (Å²) in [5.74, 6) is -0.583. The van der Waals surface area contributed by atoms with E-state index in [4.69, 9.17) is 11.6 Å². The molecule has 1 saturated heterocycles. The van der Waals surface area contributed by atoms with Crippen LogP contribution >= 0.6 is 22.9 Å². The van der Waals surface area contributed by atoms with Gasteiger partial charge in [-0.2, -0.15) is 13.2 Å². The average molecular weight is 643 g/mol. The number of piperazine rings is 1. The molecule has 13 heteroatoms. The van der Waals surface area contributed by atoms with E-state index in [1.807, 2.05) is 4.90 Å².